The summed E-state index contributed by atoms with van der Waals surface area (Å²) in [5.41, 5.74) is 2.32. The maximum absolute atomic E-state index is 6.29. The zero-order valence-corrected chi connectivity index (χ0v) is 11.3. The Morgan fingerprint density at radius 2 is 2.12 bits per heavy atom. The largest absolute Gasteiger partial charge is 0.371 e. The number of anilines is 1. The molecule has 0 saturated heterocycles. The highest BCUT2D eigenvalue weighted by Gasteiger charge is 2.11. The van der Waals surface area contributed by atoms with Crippen molar-refractivity contribution in [2.24, 2.45) is 0 Å². The smallest absolute Gasteiger partial charge is 0.0642 e. The highest BCUT2D eigenvalue weighted by atomic mass is 35.5. The van der Waals surface area contributed by atoms with E-state index in [2.05, 4.69) is 43.2 Å². The van der Waals surface area contributed by atoms with Crippen molar-refractivity contribution in [2.75, 3.05) is 19.0 Å². The molecule has 0 bridgehead atoms. The van der Waals surface area contributed by atoms with E-state index < -0.39 is 0 Å². The van der Waals surface area contributed by atoms with Crippen LogP contribution >= 0.6 is 11.6 Å². The van der Waals surface area contributed by atoms with Crippen LogP contribution in [0.2, 0.25) is 5.02 Å². The van der Waals surface area contributed by atoms with Gasteiger partial charge in [-0.1, -0.05) is 24.6 Å². The Hall–Kier alpha value is -0.730. The second kappa shape index (κ2) is 6.12. The first-order valence-electron chi connectivity index (χ1n) is 5.76. The van der Waals surface area contributed by atoms with Crippen LogP contribution in [0.3, 0.4) is 0 Å². The fourth-order valence-electron chi connectivity index (χ4n) is 1.66. The third-order valence-electron chi connectivity index (χ3n) is 3.02. The normalized spacial score (nSPS) is 12.6. The van der Waals surface area contributed by atoms with E-state index in [-0.39, 0.29) is 0 Å². The summed E-state index contributed by atoms with van der Waals surface area (Å²) in [6.07, 6.45) is 1.12. The second-order valence-electron chi connectivity index (χ2n) is 4.18. The fourth-order valence-corrected chi connectivity index (χ4v) is 2.00. The van der Waals surface area contributed by atoms with E-state index in [0.717, 1.165) is 23.7 Å². The number of nitrogens with zero attached hydrogens (tertiary/aromatic N) is 1. The second-order valence-corrected chi connectivity index (χ2v) is 4.59. The lowest BCUT2D eigenvalue weighted by Gasteiger charge is -2.27. The van der Waals surface area contributed by atoms with Gasteiger partial charge in [0, 0.05) is 19.6 Å². The Morgan fingerprint density at radius 3 is 2.62 bits per heavy atom. The lowest BCUT2D eigenvalue weighted by atomic mass is 10.1. The molecule has 0 aliphatic heterocycles. The van der Waals surface area contributed by atoms with Gasteiger partial charge in [-0.3, -0.25) is 0 Å². The van der Waals surface area contributed by atoms with Gasteiger partial charge in [0.1, 0.15) is 0 Å². The standard InChI is InChI=1S/C13H21ClN2/c1-5-10(2)16(4)13-7-6-11(9-15-3)8-12(13)14/h6-8,10,15H,5,9H2,1-4H3. The van der Waals surface area contributed by atoms with Crippen molar-refractivity contribution in [2.45, 2.75) is 32.9 Å². The number of benzene rings is 1. The van der Waals surface area contributed by atoms with E-state index in [0.29, 0.717) is 6.04 Å². The van der Waals surface area contributed by atoms with Crippen LogP contribution in [0.15, 0.2) is 18.2 Å². The monoisotopic (exact) mass is 240 g/mol. The van der Waals surface area contributed by atoms with Crippen LogP contribution < -0.4 is 10.2 Å². The summed E-state index contributed by atoms with van der Waals surface area (Å²) < 4.78 is 0. The summed E-state index contributed by atoms with van der Waals surface area (Å²) in [4.78, 5) is 2.23. The highest BCUT2D eigenvalue weighted by molar-refractivity contribution is 6.33. The molecular formula is C13H21ClN2. The SMILES string of the molecule is CCC(C)N(C)c1ccc(CNC)cc1Cl. The highest BCUT2D eigenvalue weighted by Crippen LogP contribution is 2.27. The molecule has 1 N–H and O–H groups in total. The lowest BCUT2D eigenvalue weighted by molar-refractivity contribution is 0.664. The van der Waals surface area contributed by atoms with Gasteiger partial charge in [-0.2, -0.15) is 0 Å². The number of nitrogens with one attached hydrogen (secondary N) is 1. The molecule has 0 amide bonds. The van der Waals surface area contributed by atoms with Crippen molar-refractivity contribution in [1.82, 2.24) is 5.32 Å². The first kappa shape index (κ1) is 13.3. The zero-order chi connectivity index (χ0) is 12.1. The molecule has 1 unspecified atom stereocenters. The molecule has 1 aromatic rings. The third kappa shape index (κ3) is 3.13. The first-order valence-corrected chi connectivity index (χ1v) is 6.13. The maximum Gasteiger partial charge on any atom is 0.0642 e. The molecule has 1 rings (SSSR count). The molecule has 0 aliphatic rings. The van der Waals surface area contributed by atoms with Crippen LogP contribution in [0.5, 0.6) is 0 Å². The summed E-state index contributed by atoms with van der Waals surface area (Å²) in [5.74, 6) is 0. The van der Waals surface area contributed by atoms with Gasteiger partial charge in [0.2, 0.25) is 0 Å². The Morgan fingerprint density at radius 1 is 1.44 bits per heavy atom. The van der Waals surface area contributed by atoms with Gasteiger partial charge in [0.05, 0.1) is 10.7 Å². The topological polar surface area (TPSA) is 15.3 Å². The van der Waals surface area contributed by atoms with Gasteiger partial charge in [0.15, 0.2) is 0 Å². The summed E-state index contributed by atoms with van der Waals surface area (Å²) in [5, 5.41) is 3.95. The van der Waals surface area contributed by atoms with Gasteiger partial charge in [-0.25, -0.2) is 0 Å². The average molecular weight is 241 g/mol. The van der Waals surface area contributed by atoms with Gasteiger partial charge < -0.3 is 10.2 Å². The van der Waals surface area contributed by atoms with Crippen LogP contribution in [0.25, 0.3) is 0 Å². The van der Waals surface area contributed by atoms with E-state index in [1.165, 1.54) is 5.56 Å². The summed E-state index contributed by atoms with van der Waals surface area (Å²) in [7, 11) is 4.03. The Labute approximate surface area is 104 Å². The van der Waals surface area contributed by atoms with Crippen molar-refractivity contribution >= 4 is 17.3 Å². The average Bonchev–Trinajstić information content (AvgIpc) is 2.28. The first-order chi connectivity index (χ1) is 7.60. The molecule has 0 heterocycles. The van der Waals surface area contributed by atoms with Crippen LogP contribution in [0.4, 0.5) is 5.69 Å². The van der Waals surface area contributed by atoms with Crippen LogP contribution in [0, 0.1) is 0 Å². The summed E-state index contributed by atoms with van der Waals surface area (Å²) in [6, 6.07) is 6.76. The molecule has 90 valence electrons. The van der Waals surface area contributed by atoms with Gasteiger partial charge in [-0.15, -0.1) is 0 Å². The van der Waals surface area contributed by atoms with E-state index in [4.69, 9.17) is 11.6 Å². The van der Waals surface area contributed by atoms with Crippen LogP contribution in [0.1, 0.15) is 25.8 Å². The van der Waals surface area contributed by atoms with E-state index >= 15 is 0 Å². The molecular weight excluding hydrogens is 220 g/mol. The molecule has 1 aromatic carbocycles. The lowest BCUT2D eigenvalue weighted by Crippen LogP contribution is -2.28. The minimum absolute atomic E-state index is 0.507. The van der Waals surface area contributed by atoms with E-state index in [9.17, 15) is 0 Å². The molecule has 1 atom stereocenters. The minimum Gasteiger partial charge on any atom is -0.371 e. The molecule has 0 aliphatic carbocycles. The number of halogens is 1. The van der Waals surface area contributed by atoms with Gasteiger partial charge in [0.25, 0.3) is 0 Å². The van der Waals surface area contributed by atoms with Crippen molar-refractivity contribution in [3.05, 3.63) is 28.8 Å². The molecule has 16 heavy (non-hydrogen) atoms. The van der Waals surface area contributed by atoms with Crippen molar-refractivity contribution in [1.29, 1.82) is 0 Å². The molecule has 0 spiro atoms. The molecule has 2 nitrogen and oxygen atoms in total. The van der Waals surface area contributed by atoms with Gasteiger partial charge in [-0.05, 0) is 38.1 Å². The van der Waals surface area contributed by atoms with E-state index in [1.807, 2.05) is 13.1 Å². The molecule has 0 saturated carbocycles. The third-order valence-corrected chi connectivity index (χ3v) is 3.33. The molecule has 0 aromatic heterocycles. The van der Waals surface area contributed by atoms with E-state index in [1.54, 1.807) is 0 Å². The Bertz CT molecular complexity index is 339. The zero-order valence-electron chi connectivity index (χ0n) is 10.5. The predicted octanol–water partition coefficient (Wildman–Crippen LogP) is 3.29. The van der Waals surface area contributed by atoms with Crippen molar-refractivity contribution in [3.8, 4) is 0 Å². The molecule has 0 fully saturated rings. The number of hydrogen-bond acceptors (Lipinski definition) is 2. The Kier molecular flexibility index (Phi) is 5.10. The Balaban J connectivity index is 2.89. The van der Waals surface area contributed by atoms with Crippen molar-refractivity contribution < 1.29 is 0 Å². The number of hydrogen-bond donors (Lipinski definition) is 1. The van der Waals surface area contributed by atoms with Crippen LogP contribution in [-0.4, -0.2) is 20.1 Å². The fraction of sp³-hybridized carbons (Fsp3) is 0.538. The summed E-state index contributed by atoms with van der Waals surface area (Å²) >= 11 is 6.29. The predicted molar refractivity (Wildman–Crippen MR) is 72.4 cm³/mol. The maximum atomic E-state index is 6.29. The number of rotatable bonds is 5. The van der Waals surface area contributed by atoms with Crippen LogP contribution in [-0.2, 0) is 6.54 Å². The van der Waals surface area contributed by atoms with Crippen molar-refractivity contribution in [3.63, 3.8) is 0 Å². The quantitative estimate of drug-likeness (QED) is 0.850. The minimum atomic E-state index is 0.507. The van der Waals surface area contributed by atoms with Gasteiger partial charge >= 0.3 is 0 Å². The molecule has 0 radical (unpaired) electrons. The summed E-state index contributed by atoms with van der Waals surface area (Å²) in [6.45, 7) is 5.25. The molecule has 3 heteroatoms.